The van der Waals surface area contributed by atoms with Crippen molar-refractivity contribution >= 4 is 17.4 Å². The van der Waals surface area contributed by atoms with Gasteiger partial charge >= 0.3 is 6.03 Å². The molecule has 0 aliphatic carbocycles. The average Bonchev–Trinajstić information content (AvgIpc) is 2.44. The van der Waals surface area contributed by atoms with Crippen LogP contribution < -0.4 is 10.6 Å². The lowest BCUT2D eigenvalue weighted by Gasteiger charge is -2.16. The molecule has 0 atom stereocenters. The Bertz CT molecular complexity index is 676. The van der Waals surface area contributed by atoms with Gasteiger partial charge in [0.2, 0.25) is 0 Å². The topological polar surface area (TPSA) is 61.4 Å². The van der Waals surface area contributed by atoms with E-state index in [1.807, 2.05) is 52.0 Å². The van der Waals surface area contributed by atoms with Crippen molar-refractivity contribution in [1.29, 1.82) is 0 Å². The molecule has 2 aromatic rings. The largest absolute Gasteiger partial charge is 0.508 e. The highest BCUT2D eigenvalue weighted by atomic mass is 16.3. The molecule has 2 amide bonds. The maximum atomic E-state index is 12.2. The number of benzene rings is 2. The van der Waals surface area contributed by atoms with Crippen molar-refractivity contribution in [3.8, 4) is 5.75 Å². The lowest BCUT2D eigenvalue weighted by atomic mass is 9.98. The Kier molecular flexibility index (Phi) is 4.71. The lowest BCUT2D eigenvalue weighted by Crippen LogP contribution is -2.20. The number of anilines is 2. The van der Waals surface area contributed by atoms with Gasteiger partial charge in [-0.25, -0.2) is 4.79 Å². The monoisotopic (exact) mass is 298 g/mol. The van der Waals surface area contributed by atoms with Crippen molar-refractivity contribution in [1.82, 2.24) is 0 Å². The second-order valence-corrected chi connectivity index (χ2v) is 5.83. The summed E-state index contributed by atoms with van der Waals surface area (Å²) in [4.78, 5) is 12.2. The number of hydrogen-bond donors (Lipinski definition) is 3. The van der Waals surface area contributed by atoms with E-state index in [9.17, 15) is 9.90 Å². The first-order valence-electron chi connectivity index (χ1n) is 7.35. The van der Waals surface area contributed by atoms with Gasteiger partial charge in [-0.05, 0) is 55.2 Å². The van der Waals surface area contributed by atoms with Gasteiger partial charge in [0.1, 0.15) is 5.75 Å². The van der Waals surface area contributed by atoms with Crippen molar-refractivity contribution in [2.75, 3.05) is 10.6 Å². The molecule has 22 heavy (non-hydrogen) atoms. The van der Waals surface area contributed by atoms with Crippen molar-refractivity contribution < 1.29 is 9.90 Å². The molecule has 4 heteroatoms. The first kappa shape index (κ1) is 15.9. The summed E-state index contributed by atoms with van der Waals surface area (Å²) in [6.45, 7) is 7.85. The maximum Gasteiger partial charge on any atom is 0.323 e. The van der Waals surface area contributed by atoms with Gasteiger partial charge in [0.25, 0.3) is 0 Å². The second-order valence-electron chi connectivity index (χ2n) is 5.83. The van der Waals surface area contributed by atoms with E-state index in [1.165, 1.54) is 0 Å². The minimum absolute atomic E-state index is 0.196. The summed E-state index contributed by atoms with van der Waals surface area (Å²) in [5.41, 5.74) is 4.24. The number of urea groups is 1. The van der Waals surface area contributed by atoms with Crippen molar-refractivity contribution in [3.63, 3.8) is 0 Å². The Morgan fingerprint density at radius 1 is 1.05 bits per heavy atom. The molecule has 0 aromatic heterocycles. The molecule has 2 aromatic carbocycles. The quantitative estimate of drug-likeness (QED) is 0.714. The number of aromatic hydroxyl groups is 1. The Morgan fingerprint density at radius 3 is 2.27 bits per heavy atom. The molecule has 116 valence electrons. The molecule has 0 unspecified atom stereocenters. The van der Waals surface area contributed by atoms with Crippen LogP contribution in [0.15, 0.2) is 36.4 Å². The van der Waals surface area contributed by atoms with Crippen LogP contribution in [0.25, 0.3) is 0 Å². The van der Waals surface area contributed by atoms with Crippen LogP contribution in [0.3, 0.4) is 0 Å². The van der Waals surface area contributed by atoms with E-state index in [1.54, 1.807) is 12.1 Å². The van der Waals surface area contributed by atoms with Gasteiger partial charge in [-0.1, -0.05) is 31.5 Å². The Hall–Kier alpha value is -2.49. The zero-order valence-corrected chi connectivity index (χ0v) is 13.4. The Morgan fingerprint density at radius 2 is 1.68 bits per heavy atom. The van der Waals surface area contributed by atoms with Gasteiger partial charge in [-0.3, -0.25) is 0 Å². The van der Waals surface area contributed by atoms with E-state index in [2.05, 4.69) is 10.6 Å². The molecule has 0 spiro atoms. The highest BCUT2D eigenvalue weighted by molar-refractivity contribution is 6.00. The van der Waals surface area contributed by atoms with Crippen LogP contribution >= 0.6 is 0 Å². The van der Waals surface area contributed by atoms with Crippen molar-refractivity contribution in [2.45, 2.75) is 33.6 Å². The number of phenolic OH excluding ortho intramolecular Hbond substituents is 1. The number of rotatable bonds is 3. The summed E-state index contributed by atoms with van der Waals surface area (Å²) in [7, 11) is 0. The number of amides is 2. The minimum atomic E-state index is -0.296. The van der Waals surface area contributed by atoms with Crippen LogP contribution in [0, 0.1) is 13.8 Å². The van der Waals surface area contributed by atoms with Crippen molar-refractivity contribution in [3.05, 3.63) is 53.1 Å². The zero-order valence-electron chi connectivity index (χ0n) is 13.4. The Balaban J connectivity index is 2.17. The first-order chi connectivity index (χ1) is 10.4. The van der Waals surface area contributed by atoms with Crippen LogP contribution in [-0.2, 0) is 0 Å². The number of aryl methyl sites for hydroxylation is 2. The fourth-order valence-corrected chi connectivity index (χ4v) is 2.22. The van der Waals surface area contributed by atoms with E-state index in [0.29, 0.717) is 0 Å². The molecule has 4 nitrogen and oxygen atoms in total. The molecular weight excluding hydrogens is 276 g/mol. The van der Waals surface area contributed by atoms with E-state index in [-0.39, 0.29) is 17.7 Å². The maximum absolute atomic E-state index is 12.2. The summed E-state index contributed by atoms with van der Waals surface area (Å²) < 4.78 is 0. The Labute approximate surface area is 131 Å². The number of phenols is 1. The first-order valence-corrected chi connectivity index (χ1v) is 7.35. The number of carbonyl (C=O) groups is 1. The van der Waals surface area contributed by atoms with Crippen LogP contribution in [0.1, 0.15) is 36.5 Å². The third-order valence-electron chi connectivity index (χ3n) is 3.55. The predicted molar refractivity (Wildman–Crippen MR) is 90.8 cm³/mol. The fourth-order valence-electron chi connectivity index (χ4n) is 2.22. The summed E-state index contributed by atoms with van der Waals surface area (Å²) in [5, 5.41) is 15.5. The minimum Gasteiger partial charge on any atom is -0.508 e. The molecule has 0 heterocycles. The van der Waals surface area contributed by atoms with Gasteiger partial charge in [-0.2, -0.15) is 0 Å². The summed E-state index contributed by atoms with van der Waals surface area (Å²) >= 11 is 0. The molecule has 0 saturated carbocycles. The third-order valence-corrected chi connectivity index (χ3v) is 3.55. The normalized spacial score (nSPS) is 10.6. The summed E-state index contributed by atoms with van der Waals surface area (Å²) in [5.74, 6) is 0.439. The number of hydrogen-bond acceptors (Lipinski definition) is 2. The smallest absolute Gasteiger partial charge is 0.323 e. The van der Waals surface area contributed by atoms with E-state index >= 15 is 0 Å². The highest BCUT2D eigenvalue weighted by Crippen LogP contribution is 2.31. The summed E-state index contributed by atoms with van der Waals surface area (Å²) in [6, 6.07) is 10.8. The molecule has 0 fully saturated rings. The molecule has 0 aliphatic heterocycles. The van der Waals surface area contributed by atoms with Crippen LogP contribution in [-0.4, -0.2) is 11.1 Å². The molecule has 0 aliphatic rings. The number of carbonyl (C=O) groups excluding carboxylic acids is 1. The van der Waals surface area contributed by atoms with Gasteiger partial charge in [-0.15, -0.1) is 0 Å². The fraction of sp³-hybridized carbons (Fsp3) is 0.278. The van der Waals surface area contributed by atoms with Gasteiger partial charge in [0.05, 0.1) is 0 Å². The van der Waals surface area contributed by atoms with E-state index in [0.717, 1.165) is 28.1 Å². The van der Waals surface area contributed by atoms with Gasteiger partial charge in [0.15, 0.2) is 0 Å². The summed E-state index contributed by atoms with van der Waals surface area (Å²) in [6.07, 6.45) is 0. The van der Waals surface area contributed by atoms with Gasteiger partial charge in [0, 0.05) is 11.4 Å². The van der Waals surface area contributed by atoms with Crippen LogP contribution in [0.2, 0.25) is 0 Å². The van der Waals surface area contributed by atoms with Crippen LogP contribution in [0.4, 0.5) is 16.2 Å². The molecular formula is C18H22N2O2. The average molecular weight is 298 g/mol. The molecule has 0 radical (unpaired) electrons. The van der Waals surface area contributed by atoms with Gasteiger partial charge < -0.3 is 15.7 Å². The van der Waals surface area contributed by atoms with E-state index in [4.69, 9.17) is 0 Å². The zero-order chi connectivity index (χ0) is 16.3. The standard InChI is InChI=1S/C18H22N2O2/c1-11(2)15-10-17(21)13(4)9-16(15)20-18(22)19-14-7-5-12(3)6-8-14/h5-11,21H,1-4H3,(H2,19,20,22). The third kappa shape index (κ3) is 3.79. The van der Waals surface area contributed by atoms with Crippen LogP contribution in [0.5, 0.6) is 5.75 Å². The molecule has 2 rings (SSSR count). The van der Waals surface area contributed by atoms with Crippen molar-refractivity contribution in [2.24, 2.45) is 0 Å². The lowest BCUT2D eigenvalue weighted by molar-refractivity contribution is 0.262. The predicted octanol–water partition coefficient (Wildman–Crippen LogP) is 4.78. The number of nitrogens with one attached hydrogen (secondary N) is 2. The molecule has 0 saturated heterocycles. The SMILES string of the molecule is Cc1ccc(NC(=O)Nc2cc(C)c(O)cc2C(C)C)cc1. The van der Waals surface area contributed by atoms with E-state index < -0.39 is 0 Å². The molecule has 0 bridgehead atoms. The highest BCUT2D eigenvalue weighted by Gasteiger charge is 2.12. The molecule has 3 N–H and O–H groups in total. The second kappa shape index (κ2) is 6.52.